The van der Waals surface area contributed by atoms with Crippen LogP contribution in [0.2, 0.25) is 5.02 Å². The van der Waals surface area contributed by atoms with Crippen LogP contribution in [0.4, 0.5) is 0 Å². The first kappa shape index (κ1) is 17.0. The van der Waals surface area contributed by atoms with Gasteiger partial charge < -0.3 is 16.0 Å². The second-order valence-corrected chi connectivity index (χ2v) is 4.85. The largest absolute Gasteiger partial charge is 0.356 e. The fourth-order valence-corrected chi connectivity index (χ4v) is 1.61. The number of rotatable bonds is 7. The quantitative estimate of drug-likeness (QED) is 0.689. The molecule has 0 aliphatic carbocycles. The van der Waals surface area contributed by atoms with E-state index in [1.165, 1.54) is 6.92 Å². The Morgan fingerprint density at radius 3 is 2.29 bits per heavy atom. The summed E-state index contributed by atoms with van der Waals surface area (Å²) in [6.07, 6.45) is 0.143. The Balaban J connectivity index is 2.17. The molecule has 0 fully saturated rings. The van der Waals surface area contributed by atoms with Crippen LogP contribution in [-0.4, -0.2) is 30.8 Å². The molecule has 0 unspecified atom stereocenters. The Bertz CT molecular complexity index is 503. The molecule has 7 heteroatoms. The monoisotopic (exact) mass is 311 g/mol. The predicted octanol–water partition coefficient (Wildman–Crippen LogP) is 0.599. The average molecular weight is 312 g/mol. The summed E-state index contributed by atoms with van der Waals surface area (Å²) in [5.41, 5.74) is 0.921. The second-order valence-electron chi connectivity index (χ2n) is 4.41. The number of halogens is 1. The van der Waals surface area contributed by atoms with E-state index in [-0.39, 0.29) is 37.2 Å². The molecule has 0 radical (unpaired) electrons. The summed E-state index contributed by atoms with van der Waals surface area (Å²) >= 11 is 5.76. The van der Waals surface area contributed by atoms with Gasteiger partial charge in [-0.15, -0.1) is 0 Å². The molecule has 1 aromatic rings. The predicted molar refractivity (Wildman–Crippen MR) is 79.6 cm³/mol. The van der Waals surface area contributed by atoms with Gasteiger partial charge in [0.05, 0.1) is 6.54 Å². The summed E-state index contributed by atoms with van der Waals surface area (Å²) in [4.78, 5) is 33.5. The topological polar surface area (TPSA) is 87.3 Å². The number of nitrogens with one attached hydrogen (secondary N) is 3. The molecule has 0 saturated heterocycles. The van der Waals surface area contributed by atoms with Gasteiger partial charge >= 0.3 is 0 Å². The number of hydrogen-bond donors (Lipinski definition) is 3. The summed E-state index contributed by atoms with van der Waals surface area (Å²) in [6.45, 7) is 1.92. The van der Waals surface area contributed by atoms with Gasteiger partial charge in [0.2, 0.25) is 17.7 Å². The fraction of sp³-hybridized carbons (Fsp3) is 0.357. The highest BCUT2D eigenvalue weighted by Crippen LogP contribution is 2.08. The highest BCUT2D eigenvalue weighted by atomic mass is 35.5. The minimum absolute atomic E-state index is 0.0908. The smallest absolute Gasteiger partial charge is 0.239 e. The van der Waals surface area contributed by atoms with Crippen LogP contribution in [0.1, 0.15) is 18.9 Å². The van der Waals surface area contributed by atoms with Gasteiger partial charge in [-0.1, -0.05) is 23.7 Å². The normalized spacial score (nSPS) is 9.81. The molecule has 3 N–H and O–H groups in total. The zero-order valence-electron chi connectivity index (χ0n) is 11.7. The summed E-state index contributed by atoms with van der Waals surface area (Å²) in [6, 6.07) is 7.11. The Kier molecular flexibility index (Phi) is 7.25. The number of benzene rings is 1. The maximum atomic E-state index is 11.5. The van der Waals surface area contributed by atoms with Crippen molar-refractivity contribution in [1.82, 2.24) is 16.0 Å². The van der Waals surface area contributed by atoms with Gasteiger partial charge in [-0.05, 0) is 17.7 Å². The first-order valence-corrected chi connectivity index (χ1v) is 6.87. The fourth-order valence-electron chi connectivity index (χ4n) is 1.48. The summed E-state index contributed by atoms with van der Waals surface area (Å²) in [7, 11) is 0. The van der Waals surface area contributed by atoms with E-state index < -0.39 is 0 Å². The summed E-state index contributed by atoms with van der Waals surface area (Å²) < 4.78 is 0. The first-order chi connectivity index (χ1) is 9.97. The van der Waals surface area contributed by atoms with Crippen molar-refractivity contribution in [3.05, 3.63) is 34.9 Å². The number of hydrogen-bond acceptors (Lipinski definition) is 3. The van der Waals surface area contributed by atoms with Gasteiger partial charge in [0.25, 0.3) is 0 Å². The van der Waals surface area contributed by atoms with Crippen LogP contribution in [0.15, 0.2) is 24.3 Å². The standard InChI is InChI=1S/C14H18ClN3O3/c1-10(19)16-7-6-13(20)18-9-14(21)17-8-11-2-4-12(15)5-3-11/h2-5H,6-9H2,1H3,(H,16,19)(H,17,21)(H,18,20). The molecule has 0 spiro atoms. The molecule has 0 atom stereocenters. The molecule has 3 amide bonds. The van der Waals surface area contributed by atoms with Crippen molar-refractivity contribution in [3.63, 3.8) is 0 Å². The zero-order valence-corrected chi connectivity index (χ0v) is 12.5. The Morgan fingerprint density at radius 1 is 1.00 bits per heavy atom. The SMILES string of the molecule is CC(=O)NCCC(=O)NCC(=O)NCc1ccc(Cl)cc1. The second kappa shape index (κ2) is 8.97. The molecule has 0 aromatic heterocycles. The Labute approximate surface area is 128 Å². The molecule has 0 bridgehead atoms. The summed E-state index contributed by atoms with van der Waals surface area (Å²) in [5.74, 6) is -0.758. The lowest BCUT2D eigenvalue weighted by Gasteiger charge is -2.07. The van der Waals surface area contributed by atoms with Crippen molar-refractivity contribution >= 4 is 29.3 Å². The molecule has 21 heavy (non-hydrogen) atoms. The number of amides is 3. The zero-order chi connectivity index (χ0) is 15.7. The maximum Gasteiger partial charge on any atom is 0.239 e. The van der Waals surface area contributed by atoms with Gasteiger partial charge in [0, 0.05) is 31.5 Å². The third-order valence-electron chi connectivity index (χ3n) is 2.58. The third kappa shape index (κ3) is 7.94. The number of carbonyl (C=O) groups is 3. The van der Waals surface area contributed by atoms with E-state index in [2.05, 4.69) is 16.0 Å². The van der Waals surface area contributed by atoms with E-state index in [4.69, 9.17) is 11.6 Å². The van der Waals surface area contributed by atoms with Crippen molar-refractivity contribution in [2.45, 2.75) is 19.9 Å². The molecule has 114 valence electrons. The van der Waals surface area contributed by atoms with Crippen LogP contribution in [0.3, 0.4) is 0 Å². The van der Waals surface area contributed by atoms with Crippen LogP contribution >= 0.6 is 11.6 Å². The summed E-state index contributed by atoms with van der Waals surface area (Å²) in [5, 5.41) is 8.30. The van der Waals surface area contributed by atoms with E-state index in [0.717, 1.165) is 5.56 Å². The van der Waals surface area contributed by atoms with Gasteiger partial charge in [0.1, 0.15) is 0 Å². The lowest BCUT2D eigenvalue weighted by atomic mass is 10.2. The van der Waals surface area contributed by atoms with Crippen LogP contribution in [0.25, 0.3) is 0 Å². The van der Waals surface area contributed by atoms with Gasteiger partial charge in [-0.3, -0.25) is 14.4 Å². The van der Waals surface area contributed by atoms with Gasteiger partial charge in [0.15, 0.2) is 0 Å². The third-order valence-corrected chi connectivity index (χ3v) is 2.83. The Hall–Kier alpha value is -2.08. The van der Waals surface area contributed by atoms with E-state index in [1.54, 1.807) is 12.1 Å². The molecular formula is C14H18ClN3O3. The van der Waals surface area contributed by atoms with Crippen LogP contribution in [0, 0.1) is 0 Å². The first-order valence-electron chi connectivity index (χ1n) is 6.49. The molecule has 0 heterocycles. The van der Waals surface area contributed by atoms with Gasteiger partial charge in [-0.25, -0.2) is 0 Å². The van der Waals surface area contributed by atoms with Crippen molar-refractivity contribution < 1.29 is 14.4 Å². The van der Waals surface area contributed by atoms with Crippen molar-refractivity contribution in [2.75, 3.05) is 13.1 Å². The molecule has 0 saturated carbocycles. The van der Waals surface area contributed by atoms with Crippen LogP contribution < -0.4 is 16.0 Å². The van der Waals surface area contributed by atoms with Crippen LogP contribution in [-0.2, 0) is 20.9 Å². The molecule has 1 rings (SSSR count). The van der Waals surface area contributed by atoms with Gasteiger partial charge in [-0.2, -0.15) is 0 Å². The van der Waals surface area contributed by atoms with Crippen molar-refractivity contribution in [1.29, 1.82) is 0 Å². The van der Waals surface area contributed by atoms with Crippen LogP contribution in [0.5, 0.6) is 0 Å². The van der Waals surface area contributed by atoms with E-state index in [0.29, 0.717) is 11.6 Å². The molecule has 1 aromatic carbocycles. The van der Waals surface area contributed by atoms with E-state index >= 15 is 0 Å². The van der Waals surface area contributed by atoms with Crippen molar-refractivity contribution in [3.8, 4) is 0 Å². The van der Waals surface area contributed by atoms with E-state index in [9.17, 15) is 14.4 Å². The minimum atomic E-state index is -0.287. The van der Waals surface area contributed by atoms with Crippen molar-refractivity contribution in [2.24, 2.45) is 0 Å². The highest BCUT2D eigenvalue weighted by Gasteiger charge is 2.05. The lowest BCUT2D eigenvalue weighted by Crippen LogP contribution is -2.37. The molecular weight excluding hydrogens is 294 g/mol. The average Bonchev–Trinajstić information content (AvgIpc) is 2.44. The highest BCUT2D eigenvalue weighted by molar-refractivity contribution is 6.30. The molecule has 0 aliphatic heterocycles. The molecule has 0 aliphatic rings. The Morgan fingerprint density at radius 2 is 1.67 bits per heavy atom. The number of carbonyl (C=O) groups excluding carboxylic acids is 3. The van der Waals surface area contributed by atoms with E-state index in [1.807, 2.05) is 12.1 Å². The lowest BCUT2D eigenvalue weighted by molar-refractivity contribution is -0.126. The maximum absolute atomic E-state index is 11.5. The molecule has 6 nitrogen and oxygen atoms in total. The minimum Gasteiger partial charge on any atom is -0.356 e.